The topological polar surface area (TPSA) is 61.9 Å². The summed E-state index contributed by atoms with van der Waals surface area (Å²) < 4.78 is 5.37. The average Bonchev–Trinajstić information content (AvgIpc) is 2.97. The largest absolute Gasteiger partial charge is 0.427 e. The molecule has 0 aliphatic rings. The zero-order valence-electron chi connectivity index (χ0n) is 23.9. The Hall–Kier alpha value is -4.23. The second-order valence-electron chi connectivity index (χ2n) is 9.91. The minimum Gasteiger partial charge on any atom is -0.427 e. The number of carbonyl (C=O) groups excluding carboxylic acids is 2. The van der Waals surface area contributed by atoms with Gasteiger partial charge in [-0.1, -0.05) is 55.1 Å². The van der Waals surface area contributed by atoms with Crippen LogP contribution in [0.15, 0.2) is 113 Å². The number of ether oxygens (including phenoxy) is 1. The highest BCUT2D eigenvalue weighted by molar-refractivity contribution is 7.99. The van der Waals surface area contributed by atoms with E-state index in [1.165, 1.54) is 5.56 Å². The fraction of sp³-hybridized carbons (Fsp3) is 0.235. The normalized spacial score (nSPS) is 10.6. The van der Waals surface area contributed by atoms with Crippen LogP contribution in [0.25, 0.3) is 0 Å². The molecule has 0 aliphatic carbocycles. The lowest BCUT2D eigenvalue weighted by atomic mass is 10.1. The Balaban J connectivity index is 1.48. The fourth-order valence-corrected chi connectivity index (χ4v) is 5.15. The summed E-state index contributed by atoms with van der Waals surface area (Å²) in [4.78, 5) is 31.2. The van der Waals surface area contributed by atoms with Gasteiger partial charge in [0.15, 0.2) is 0 Å². The second kappa shape index (κ2) is 15.0. The number of nitrogens with one attached hydrogen (secondary N) is 1. The highest BCUT2D eigenvalue weighted by atomic mass is 32.2. The number of anilines is 3. The number of hydrogen-bond donors (Lipinski definition) is 1. The van der Waals surface area contributed by atoms with Gasteiger partial charge in [-0.2, -0.15) is 0 Å². The summed E-state index contributed by atoms with van der Waals surface area (Å²) in [6, 6.07) is 33.5. The predicted molar refractivity (Wildman–Crippen MR) is 169 cm³/mol. The summed E-state index contributed by atoms with van der Waals surface area (Å²) in [5, 5.41) is 3.08. The molecule has 1 N–H and O–H groups in total. The van der Waals surface area contributed by atoms with E-state index in [-0.39, 0.29) is 12.0 Å². The number of aryl methyl sites for hydroxylation is 1. The number of benzene rings is 4. The van der Waals surface area contributed by atoms with Gasteiger partial charge in [0.25, 0.3) is 0 Å². The average molecular weight is 568 g/mol. The number of hydrogen-bond acceptors (Lipinski definition) is 5. The second-order valence-corrected chi connectivity index (χ2v) is 11.1. The van der Waals surface area contributed by atoms with Gasteiger partial charge in [0.1, 0.15) is 5.75 Å². The zero-order valence-corrected chi connectivity index (χ0v) is 24.7. The highest BCUT2D eigenvalue weighted by Gasteiger charge is 2.17. The van der Waals surface area contributed by atoms with E-state index in [1.807, 2.05) is 122 Å². The lowest BCUT2D eigenvalue weighted by Gasteiger charge is -2.24. The van der Waals surface area contributed by atoms with Gasteiger partial charge in [0, 0.05) is 53.9 Å². The van der Waals surface area contributed by atoms with Gasteiger partial charge in [-0.3, -0.25) is 9.69 Å². The molecule has 0 spiro atoms. The lowest BCUT2D eigenvalue weighted by molar-refractivity contribution is -0.134. The van der Waals surface area contributed by atoms with Gasteiger partial charge in [0.05, 0.1) is 0 Å². The highest BCUT2D eigenvalue weighted by Crippen LogP contribution is 2.32. The summed E-state index contributed by atoms with van der Waals surface area (Å²) in [6.45, 7) is 2.52. The van der Waals surface area contributed by atoms with Gasteiger partial charge < -0.3 is 15.0 Å². The summed E-state index contributed by atoms with van der Waals surface area (Å²) in [6.07, 6.45) is 2.87. The number of amides is 2. The molecular formula is C34H37N3O3S. The minimum atomic E-state index is -0.222. The molecular weight excluding hydrogens is 530 g/mol. The molecule has 0 aromatic heterocycles. The van der Waals surface area contributed by atoms with Crippen LogP contribution in [-0.4, -0.2) is 32.6 Å². The molecule has 0 radical (unpaired) electrons. The van der Waals surface area contributed by atoms with Crippen LogP contribution in [0.5, 0.6) is 5.75 Å². The molecule has 0 saturated heterocycles. The van der Waals surface area contributed by atoms with E-state index >= 15 is 0 Å². The van der Waals surface area contributed by atoms with Crippen molar-refractivity contribution in [1.82, 2.24) is 0 Å². The molecule has 0 atom stereocenters. The van der Waals surface area contributed by atoms with E-state index < -0.39 is 0 Å². The Morgan fingerprint density at radius 1 is 0.805 bits per heavy atom. The molecule has 0 unspecified atom stereocenters. The maximum Gasteiger partial charge on any atom is 0.326 e. The van der Waals surface area contributed by atoms with Crippen molar-refractivity contribution in [3.63, 3.8) is 0 Å². The Labute approximate surface area is 247 Å². The lowest BCUT2D eigenvalue weighted by Crippen LogP contribution is -2.36. The van der Waals surface area contributed by atoms with Crippen molar-refractivity contribution < 1.29 is 14.3 Å². The summed E-state index contributed by atoms with van der Waals surface area (Å²) in [5.74, 6) is 0.321. The number of carbonyl (C=O) groups is 2. The Morgan fingerprint density at radius 2 is 1.54 bits per heavy atom. The van der Waals surface area contributed by atoms with Crippen molar-refractivity contribution in [2.75, 3.05) is 35.8 Å². The molecule has 0 heterocycles. The molecule has 4 aromatic carbocycles. The Kier molecular flexibility index (Phi) is 10.9. The van der Waals surface area contributed by atoms with Crippen LogP contribution in [-0.2, 0) is 11.2 Å². The van der Waals surface area contributed by atoms with Crippen molar-refractivity contribution in [2.45, 2.75) is 42.4 Å². The molecule has 4 aromatic rings. The third kappa shape index (κ3) is 9.15. The van der Waals surface area contributed by atoms with E-state index in [0.29, 0.717) is 18.7 Å². The van der Waals surface area contributed by atoms with Crippen molar-refractivity contribution in [3.8, 4) is 5.75 Å². The number of nitrogens with zero attached hydrogens (tertiary/aromatic N) is 2. The van der Waals surface area contributed by atoms with E-state index in [9.17, 15) is 9.59 Å². The monoisotopic (exact) mass is 567 g/mol. The van der Waals surface area contributed by atoms with Crippen LogP contribution in [0, 0.1) is 0 Å². The first-order valence-corrected chi connectivity index (χ1v) is 14.7. The first-order chi connectivity index (χ1) is 19.9. The van der Waals surface area contributed by atoms with Crippen molar-refractivity contribution in [2.24, 2.45) is 0 Å². The molecule has 6 nitrogen and oxygen atoms in total. The molecule has 41 heavy (non-hydrogen) atoms. The maximum atomic E-state index is 13.6. The SMILES string of the molecule is CCCC(=O)Oc1ccc(Sc2cccc(N(CCCc3ccccc3)C(=O)Nc3ccc(N(C)C)cc3)c2)cc1. The molecule has 0 saturated carbocycles. The van der Waals surface area contributed by atoms with Crippen molar-refractivity contribution in [3.05, 3.63) is 109 Å². The van der Waals surface area contributed by atoms with Crippen LogP contribution in [0.2, 0.25) is 0 Å². The molecule has 4 rings (SSSR count). The molecule has 212 valence electrons. The minimum absolute atomic E-state index is 0.170. The van der Waals surface area contributed by atoms with E-state index in [1.54, 1.807) is 11.8 Å². The quantitative estimate of drug-likeness (QED) is 0.138. The third-order valence-corrected chi connectivity index (χ3v) is 7.44. The van der Waals surface area contributed by atoms with Crippen LogP contribution in [0.4, 0.5) is 21.9 Å². The van der Waals surface area contributed by atoms with E-state index in [4.69, 9.17) is 4.74 Å². The number of urea groups is 1. The maximum absolute atomic E-state index is 13.6. The van der Waals surface area contributed by atoms with Gasteiger partial charge in [-0.25, -0.2) is 4.79 Å². The molecule has 0 bridgehead atoms. The molecule has 2 amide bonds. The van der Waals surface area contributed by atoms with Crippen LogP contribution in [0.3, 0.4) is 0 Å². The van der Waals surface area contributed by atoms with Gasteiger partial charge in [0.2, 0.25) is 0 Å². The van der Waals surface area contributed by atoms with E-state index in [0.717, 1.165) is 46.1 Å². The third-order valence-electron chi connectivity index (χ3n) is 6.44. The van der Waals surface area contributed by atoms with Crippen LogP contribution < -0.4 is 19.9 Å². The standard InChI is InChI=1S/C34H37N3O3S/c1-4-10-33(38)40-30-20-22-31(23-21-30)41-32-15-8-14-29(25-32)37(24-9-13-26-11-6-5-7-12-26)34(39)35-27-16-18-28(19-17-27)36(2)3/h5-8,11-12,14-23,25H,4,9-10,13,24H2,1-3H3,(H,35,39). The zero-order chi connectivity index (χ0) is 29.0. The molecule has 0 aliphatic heterocycles. The molecule has 0 fully saturated rings. The van der Waals surface area contributed by atoms with Crippen LogP contribution >= 0.6 is 11.8 Å². The summed E-state index contributed by atoms with van der Waals surface area (Å²) in [7, 11) is 3.98. The number of rotatable bonds is 12. The van der Waals surface area contributed by atoms with Gasteiger partial charge in [-0.05, 0) is 91.6 Å². The Bertz CT molecular complexity index is 1410. The fourth-order valence-electron chi connectivity index (χ4n) is 4.28. The first kappa shape index (κ1) is 29.7. The first-order valence-electron chi connectivity index (χ1n) is 13.9. The molecule has 7 heteroatoms. The summed E-state index contributed by atoms with van der Waals surface area (Å²) in [5.41, 5.74) is 3.90. The van der Waals surface area contributed by atoms with Gasteiger partial charge >= 0.3 is 12.0 Å². The van der Waals surface area contributed by atoms with Crippen molar-refractivity contribution >= 4 is 40.8 Å². The van der Waals surface area contributed by atoms with Gasteiger partial charge in [-0.15, -0.1) is 0 Å². The number of esters is 1. The van der Waals surface area contributed by atoms with Crippen LogP contribution in [0.1, 0.15) is 31.7 Å². The summed E-state index contributed by atoms with van der Waals surface area (Å²) >= 11 is 1.59. The van der Waals surface area contributed by atoms with E-state index in [2.05, 4.69) is 17.4 Å². The smallest absolute Gasteiger partial charge is 0.326 e. The predicted octanol–water partition coefficient (Wildman–Crippen LogP) is 8.28. The van der Waals surface area contributed by atoms with Crippen molar-refractivity contribution in [1.29, 1.82) is 0 Å². The Morgan fingerprint density at radius 3 is 2.22 bits per heavy atom.